The summed E-state index contributed by atoms with van der Waals surface area (Å²) >= 11 is 0. The number of rotatable bonds is 10. The number of carbonyl (C=O) groups excluding carboxylic acids is 1. The number of hydrogen-bond acceptors (Lipinski definition) is 3. The van der Waals surface area contributed by atoms with Crippen molar-refractivity contribution in [3.8, 4) is 0 Å². The van der Waals surface area contributed by atoms with Crippen LogP contribution in [0, 0.1) is 0 Å². The highest BCUT2D eigenvalue weighted by molar-refractivity contribution is 5.50. The average Bonchev–Trinajstić information content (AvgIpc) is 2.20. The summed E-state index contributed by atoms with van der Waals surface area (Å²) in [5.74, 6) is 0. The Balaban J connectivity index is 3.50. The summed E-state index contributed by atoms with van der Waals surface area (Å²) in [6, 6.07) is 0. The molecule has 3 heteroatoms. The molecule has 0 N–H and O–H groups in total. The van der Waals surface area contributed by atoms with Crippen LogP contribution in [0.3, 0.4) is 0 Å². The van der Waals surface area contributed by atoms with Crippen molar-refractivity contribution in [2.75, 3.05) is 19.8 Å². The van der Waals surface area contributed by atoms with Gasteiger partial charge in [-0.3, -0.25) is 0 Å². The Labute approximate surface area is 86.1 Å². The lowest BCUT2D eigenvalue weighted by molar-refractivity contribution is -0.111. The molecule has 0 spiro atoms. The van der Waals surface area contributed by atoms with E-state index in [1.165, 1.54) is 0 Å². The molecule has 3 nitrogen and oxygen atoms in total. The topological polar surface area (TPSA) is 35.5 Å². The van der Waals surface area contributed by atoms with Crippen molar-refractivity contribution in [1.29, 1.82) is 0 Å². The minimum Gasteiger partial charge on any atom is -0.379 e. The first-order valence-electron chi connectivity index (χ1n) is 5.09. The number of hydrogen-bond donors (Lipinski definition) is 0. The van der Waals surface area contributed by atoms with E-state index < -0.39 is 0 Å². The van der Waals surface area contributed by atoms with Gasteiger partial charge in [0.25, 0.3) is 0 Å². The zero-order valence-electron chi connectivity index (χ0n) is 8.91. The van der Waals surface area contributed by atoms with Crippen molar-refractivity contribution >= 4 is 6.29 Å². The van der Waals surface area contributed by atoms with E-state index in [2.05, 4.69) is 13.5 Å². The monoisotopic (exact) mass is 200 g/mol. The first-order valence-corrected chi connectivity index (χ1v) is 5.09. The smallest absolute Gasteiger partial charge is 0.122 e. The minimum absolute atomic E-state index is 0.123. The van der Waals surface area contributed by atoms with Gasteiger partial charge < -0.3 is 14.3 Å². The number of ether oxygens (including phenoxy) is 2. The molecule has 0 aliphatic rings. The van der Waals surface area contributed by atoms with Crippen molar-refractivity contribution in [3.05, 3.63) is 12.7 Å². The molecular formula is C11H20O3. The second kappa shape index (κ2) is 10.4. The van der Waals surface area contributed by atoms with Gasteiger partial charge in [0.1, 0.15) is 6.29 Å². The summed E-state index contributed by atoms with van der Waals surface area (Å²) < 4.78 is 10.7. The molecule has 0 rings (SSSR count). The zero-order chi connectivity index (χ0) is 10.6. The van der Waals surface area contributed by atoms with Gasteiger partial charge in [0.15, 0.2) is 0 Å². The zero-order valence-corrected chi connectivity index (χ0v) is 8.91. The fourth-order valence-corrected chi connectivity index (χ4v) is 0.957. The SMILES string of the molecule is C=CCO[C@@H](CC=O)COCCCC. The van der Waals surface area contributed by atoms with E-state index in [9.17, 15) is 4.79 Å². The van der Waals surface area contributed by atoms with Crippen LogP contribution in [-0.2, 0) is 14.3 Å². The second-order valence-electron chi connectivity index (χ2n) is 3.07. The van der Waals surface area contributed by atoms with Gasteiger partial charge in [-0.25, -0.2) is 0 Å². The van der Waals surface area contributed by atoms with Gasteiger partial charge in [-0.15, -0.1) is 6.58 Å². The van der Waals surface area contributed by atoms with E-state index in [0.717, 1.165) is 25.7 Å². The third kappa shape index (κ3) is 7.95. The van der Waals surface area contributed by atoms with Crippen molar-refractivity contribution in [2.24, 2.45) is 0 Å². The van der Waals surface area contributed by atoms with Gasteiger partial charge in [-0.1, -0.05) is 19.4 Å². The van der Waals surface area contributed by atoms with Crippen LogP contribution in [0.2, 0.25) is 0 Å². The van der Waals surface area contributed by atoms with Crippen LogP contribution >= 0.6 is 0 Å². The molecule has 0 unspecified atom stereocenters. The largest absolute Gasteiger partial charge is 0.379 e. The molecule has 0 aromatic rings. The Morgan fingerprint density at radius 2 is 2.29 bits per heavy atom. The highest BCUT2D eigenvalue weighted by atomic mass is 16.5. The molecule has 0 aliphatic carbocycles. The Kier molecular flexibility index (Phi) is 9.91. The van der Waals surface area contributed by atoms with E-state index in [4.69, 9.17) is 9.47 Å². The number of carbonyl (C=O) groups is 1. The highest BCUT2D eigenvalue weighted by Crippen LogP contribution is 1.99. The minimum atomic E-state index is -0.123. The Hall–Kier alpha value is -0.670. The molecule has 82 valence electrons. The summed E-state index contributed by atoms with van der Waals surface area (Å²) in [5, 5.41) is 0. The first kappa shape index (κ1) is 13.3. The van der Waals surface area contributed by atoms with E-state index >= 15 is 0 Å². The van der Waals surface area contributed by atoms with Crippen molar-refractivity contribution in [1.82, 2.24) is 0 Å². The molecule has 0 aliphatic heterocycles. The fourth-order valence-electron chi connectivity index (χ4n) is 0.957. The molecular weight excluding hydrogens is 180 g/mol. The van der Waals surface area contributed by atoms with Crippen LogP contribution in [0.1, 0.15) is 26.2 Å². The summed E-state index contributed by atoms with van der Waals surface area (Å²) in [6.45, 7) is 7.36. The molecule has 0 fully saturated rings. The second-order valence-corrected chi connectivity index (χ2v) is 3.07. The van der Waals surface area contributed by atoms with Crippen molar-refractivity contribution in [3.63, 3.8) is 0 Å². The Bertz CT molecular complexity index is 145. The standard InChI is InChI=1S/C11H20O3/c1-3-5-9-13-10-11(6-7-12)14-8-4-2/h4,7,11H,2-3,5-6,8-10H2,1H3/t11-/m0/s1. The summed E-state index contributed by atoms with van der Waals surface area (Å²) in [5.41, 5.74) is 0. The number of unbranched alkanes of at least 4 members (excludes halogenated alkanes) is 1. The molecule has 0 amide bonds. The maximum Gasteiger partial charge on any atom is 0.122 e. The lowest BCUT2D eigenvalue weighted by atomic mass is 10.3. The molecule has 0 heterocycles. The lowest BCUT2D eigenvalue weighted by Gasteiger charge is -2.14. The molecule has 0 aromatic carbocycles. The van der Waals surface area contributed by atoms with Crippen LogP contribution in [0.15, 0.2) is 12.7 Å². The van der Waals surface area contributed by atoms with Gasteiger partial charge in [-0.2, -0.15) is 0 Å². The molecule has 0 saturated heterocycles. The first-order chi connectivity index (χ1) is 6.85. The van der Waals surface area contributed by atoms with Crippen LogP contribution in [0.25, 0.3) is 0 Å². The van der Waals surface area contributed by atoms with Crippen LogP contribution < -0.4 is 0 Å². The molecule has 14 heavy (non-hydrogen) atoms. The Morgan fingerprint density at radius 3 is 2.86 bits per heavy atom. The van der Waals surface area contributed by atoms with Gasteiger partial charge >= 0.3 is 0 Å². The van der Waals surface area contributed by atoms with Crippen molar-refractivity contribution in [2.45, 2.75) is 32.3 Å². The van der Waals surface area contributed by atoms with Gasteiger partial charge in [-0.05, 0) is 6.42 Å². The van der Waals surface area contributed by atoms with Gasteiger partial charge in [0.05, 0.1) is 19.3 Å². The number of aldehydes is 1. The van der Waals surface area contributed by atoms with Gasteiger partial charge in [0, 0.05) is 13.0 Å². The average molecular weight is 200 g/mol. The van der Waals surface area contributed by atoms with Crippen molar-refractivity contribution < 1.29 is 14.3 Å². The van der Waals surface area contributed by atoms with Crippen LogP contribution in [0.5, 0.6) is 0 Å². The molecule has 0 saturated carbocycles. The molecule has 0 aromatic heterocycles. The van der Waals surface area contributed by atoms with E-state index in [-0.39, 0.29) is 6.10 Å². The Morgan fingerprint density at radius 1 is 1.50 bits per heavy atom. The van der Waals surface area contributed by atoms with E-state index in [1.807, 2.05) is 0 Å². The summed E-state index contributed by atoms with van der Waals surface area (Å²) in [4.78, 5) is 10.3. The third-order valence-corrected chi connectivity index (χ3v) is 1.75. The fraction of sp³-hybridized carbons (Fsp3) is 0.727. The van der Waals surface area contributed by atoms with Crippen LogP contribution in [-0.4, -0.2) is 32.2 Å². The quantitative estimate of drug-likeness (QED) is 0.307. The molecule has 0 bridgehead atoms. The summed E-state index contributed by atoms with van der Waals surface area (Å²) in [7, 11) is 0. The van der Waals surface area contributed by atoms with E-state index in [1.54, 1.807) is 6.08 Å². The van der Waals surface area contributed by atoms with Crippen LogP contribution in [0.4, 0.5) is 0 Å². The predicted octanol–water partition coefficient (Wildman–Crippen LogP) is 1.96. The third-order valence-electron chi connectivity index (χ3n) is 1.75. The predicted molar refractivity (Wildman–Crippen MR) is 56.3 cm³/mol. The normalized spacial score (nSPS) is 12.4. The van der Waals surface area contributed by atoms with Gasteiger partial charge in [0.2, 0.25) is 0 Å². The maximum absolute atomic E-state index is 10.3. The maximum atomic E-state index is 10.3. The lowest BCUT2D eigenvalue weighted by Crippen LogP contribution is -2.21. The highest BCUT2D eigenvalue weighted by Gasteiger charge is 2.07. The molecule has 0 radical (unpaired) electrons. The summed E-state index contributed by atoms with van der Waals surface area (Å²) in [6.07, 6.45) is 4.96. The molecule has 1 atom stereocenters. The van der Waals surface area contributed by atoms with E-state index in [0.29, 0.717) is 19.6 Å².